The number of amides is 1. The summed E-state index contributed by atoms with van der Waals surface area (Å²) in [5.74, 6) is -2.19. The van der Waals surface area contributed by atoms with Crippen LogP contribution in [0.5, 0.6) is 0 Å². The van der Waals surface area contributed by atoms with Crippen molar-refractivity contribution in [2.45, 2.75) is 96.8 Å². The highest BCUT2D eigenvalue weighted by molar-refractivity contribution is 6.30. The largest absolute Gasteiger partial charge is 0.631 e. The maximum Gasteiger partial charge on any atom is 0.631 e. The molecule has 0 aliphatic carbocycles. The Morgan fingerprint density at radius 2 is 1.06 bits per heavy atom. The lowest BCUT2D eigenvalue weighted by atomic mass is 10.0. The third-order valence-corrected chi connectivity index (χ3v) is 4.12. The molecule has 0 aliphatic rings. The Labute approximate surface area is 186 Å². The Morgan fingerprint density at radius 1 is 0.710 bits per heavy atom. The Hall–Kier alpha value is -1.69. The monoisotopic (exact) mass is 450 g/mol. The molecule has 0 radical (unpaired) electrons. The van der Waals surface area contributed by atoms with Gasteiger partial charge in [0.1, 0.15) is 6.54 Å². The van der Waals surface area contributed by atoms with E-state index in [1.165, 1.54) is 70.6 Å². The molecule has 0 unspecified atom stereocenters. The third-order valence-electron chi connectivity index (χ3n) is 4.12. The summed E-state index contributed by atoms with van der Waals surface area (Å²) in [6.45, 7) is 1.72. The second-order valence-corrected chi connectivity index (χ2v) is 7.11. The van der Waals surface area contributed by atoms with Gasteiger partial charge in [-0.2, -0.15) is 0 Å². The second kappa shape index (κ2) is 28.3. The molecule has 0 saturated heterocycles. The fourth-order valence-corrected chi connectivity index (χ4v) is 2.54. The first kappa shape index (κ1) is 33.9. The standard InChI is InChI=1S/C16H32O2.C4H8N2O3.BH3O3/c1-2-3-4-5-6-7-8-9-10-11-12-13-14-15-16(17)18;5-1-3(7)6-2-4(8)9;2-1(3)4/h2-15H2,1H3,(H,17,18);1-2,5H2,(H,6,7)(H,8,9);2-4H. The molecule has 0 aromatic carbocycles. The Kier molecular flexibility index (Phi) is 31.0. The first-order chi connectivity index (χ1) is 14.7. The molecule has 0 fully saturated rings. The molecule has 0 bridgehead atoms. The van der Waals surface area contributed by atoms with Crippen molar-refractivity contribution >= 4 is 25.2 Å². The van der Waals surface area contributed by atoms with Crippen LogP contribution < -0.4 is 11.1 Å². The molecule has 31 heavy (non-hydrogen) atoms. The Bertz CT molecular complexity index is 423. The zero-order chi connectivity index (χ0) is 24.3. The molecule has 0 spiro atoms. The molecule has 0 atom stereocenters. The second-order valence-electron chi connectivity index (χ2n) is 7.11. The van der Waals surface area contributed by atoms with Crippen molar-refractivity contribution in [3.8, 4) is 0 Å². The number of aliphatic carboxylic acids is 2. The predicted molar refractivity (Wildman–Crippen MR) is 120 cm³/mol. The minimum Gasteiger partial charge on any atom is -0.481 e. The SMILES string of the molecule is CCCCCCCCCCCCCCCC(=O)O.NCC(=O)NCC(=O)O.OB(O)O. The quantitative estimate of drug-likeness (QED) is 0.128. The van der Waals surface area contributed by atoms with E-state index < -0.39 is 25.2 Å². The van der Waals surface area contributed by atoms with E-state index in [0.717, 1.165) is 12.8 Å². The van der Waals surface area contributed by atoms with Gasteiger partial charge in [-0.1, -0.05) is 84.0 Å². The molecule has 8 N–H and O–H groups in total. The molecule has 0 aromatic heterocycles. The number of carbonyl (C=O) groups excluding carboxylic acids is 1. The van der Waals surface area contributed by atoms with Crippen LogP contribution in [-0.2, 0) is 14.4 Å². The van der Waals surface area contributed by atoms with Crippen molar-refractivity contribution in [3.63, 3.8) is 0 Å². The number of carboxylic acids is 2. The number of hydrogen-bond acceptors (Lipinski definition) is 7. The number of nitrogens with two attached hydrogens (primary N) is 1. The van der Waals surface area contributed by atoms with Crippen molar-refractivity contribution in [2.75, 3.05) is 13.1 Å². The van der Waals surface area contributed by atoms with Crippen LogP contribution in [0.2, 0.25) is 0 Å². The molecule has 11 heteroatoms. The van der Waals surface area contributed by atoms with Crippen molar-refractivity contribution in [1.82, 2.24) is 5.32 Å². The number of carbonyl (C=O) groups is 3. The van der Waals surface area contributed by atoms with Crippen LogP contribution in [0.15, 0.2) is 0 Å². The fraction of sp³-hybridized carbons (Fsp3) is 0.850. The average Bonchev–Trinajstić information content (AvgIpc) is 2.69. The van der Waals surface area contributed by atoms with E-state index >= 15 is 0 Å². The number of unbranched alkanes of at least 4 members (excludes halogenated alkanes) is 12. The molecule has 1 amide bonds. The average molecular weight is 450 g/mol. The molecule has 184 valence electrons. The van der Waals surface area contributed by atoms with E-state index in [-0.39, 0.29) is 13.1 Å². The van der Waals surface area contributed by atoms with Gasteiger partial charge in [0, 0.05) is 6.42 Å². The zero-order valence-corrected chi connectivity index (χ0v) is 18.9. The van der Waals surface area contributed by atoms with Gasteiger partial charge in [-0.05, 0) is 6.42 Å². The van der Waals surface area contributed by atoms with Crippen molar-refractivity contribution < 1.29 is 39.7 Å². The van der Waals surface area contributed by atoms with Crippen LogP contribution in [0.1, 0.15) is 96.8 Å². The van der Waals surface area contributed by atoms with Gasteiger partial charge < -0.3 is 36.3 Å². The van der Waals surface area contributed by atoms with E-state index in [1.54, 1.807) is 0 Å². The summed E-state index contributed by atoms with van der Waals surface area (Å²) in [6, 6.07) is 0. The molecule has 0 aromatic rings. The van der Waals surface area contributed by atoms with Crippen LogP contribution in [0.3, 0.4) is 0 Å². The highest BCUT2D eigenvalue weighted by Gasteiger charge is 1.99. The van der Waals surface area contributed by atoms with Gasteiger partial charge >= 0.3 is 19.3 Å². The van der Waals surface area contributed by atoms with Gasteiger partial charge in [0.2, 0.25) is 5.91 Å². The van der Waals surface area contributed by atoms with Gasteiger partial charge in [0.05, 0.1) is 6.54 Å². The van der Waals surface area contributed by atoms with E-state index in [4.69, 9.17) is 31.0 Å². The van der Waals surface area contributed by atoms with Crippen LogP contribution in [0.25, 0.3) is 0 Å². The minimum atomic E-state index is -2.17. The van der Waals surface area contributed by atoms with Gasteiger partial charge in [-0.15, -0.1) is 0 Å². The normalized spacial score (nSPS) is 9.58. The summed E-state index contributed by atoms with van der Waals surface area (Å²) in [5, 5.41) is 40.1. The van der Waals surface area contributed by atoms with Gasteiger partial charge in [0.15, 0.2) is 0 Å². The van der Waals surface area contributed by atoms with Crippen molar-refractivity contribution in [2.24, 2.45) is 5.73 Å². The maximum absolute atomic E-state index is 10.3. The third kappa shape index (κ3) is 47.5. The highest BCUT2D eigenvalue weighted by Crippen LogP contribution is 2.12. The lowest BCUT2D eigenvalue weighted by molar-refractivity contribution is -0.138. The molecule has 0 heterocycles. The summed E-state index contributed by atoms with van der Waals surface area (Å²) in [5.41, 5.74) is 4.85. The molecule has 0 aliphatic heterocycles. The van der Waals surface area contributed by atoms with E-state index in [1.807, 2.05) is 0 Å². The summed E-state index contributed by atoms with van der Waals surface area (Å²) in [7, 11) is -2.17. The van der Waals surface area contributed by atoms with E-state index in [2.05, 4.69) is 12.2 Å². The highest BCUT2D eigenvalue weighted by atomic mass is 16.5. The van der Waals surface area contributed by atoms with Gasteiger partial charge in [0.25, 0.3) is 0 Å². The van der Waals surface area contributed by atoms with Gasteiger partial charge in [-0.25, -0.2) is 0 Å². The molecule has 10 nitrogen and oxygen atoms in total. The van der Waals surface area contributed by atoms with Crippen molar-refractivity contribution in [1.29, 1.82) is 0 Å². The van der Waals surface area contributed by atoms with E-state index in [9.17, 15) is 14.4 Å². The fourth-order valence-electron chi connectivity index (χ4n) is 2.54. The van der Waals surface area contributed by atoms with Crippen LogP contribution >= 0.6 is 0 Å². The lowest BCUT2D eigenvalue weighted by Crippen LogP contribution is -2.34. The molecule has 0 saturated carbocycles. The van der Waals surface area contributed by atoms with Crippen molar-refractivity contribution in [3.05, 3.63) is 0 Å². The summed E-state index contributed by atoms with van der Waals surface area (Å²) in [4.78, 5) is 30.3. The summed E-state index contributed by atoms with van der Waals surface area (Å²) in [6.07, 6.45) is 17.3. The predicted octanol–water partition coefficient (Wildman–Crippen LogP) is 1.65. The first-order valence-corrected chi connectivity index (χ1v) is 11.1. The minimum absolute atomic E-state index is 0.173. The first-order valence-electron chi connectivity index (χ1n) is 11.1. The zero-order valence-electron chi connectivity index (χ0n) is 18.9. The Balaban J connectivity index is -0.000000499. The number of rotatable bonds is 17. The number of carboxylic acid groups (broad SMARTS) is 2. The topological polar surface area (TPSA) is 190 Å². The summed E-state index contributed by atoms with van der Waals surface area (Å²) >= 11 is 0. The Morgan fingerprint density at radius 3 is 1.35 bits per heavy atom. The van der Waals surface area contributed by atoms with Crippen LogP contribution in [0, 0.1) is 0 Å². The van der Waals surface area contributed by atoms with Crippen LogP contribution in [0.4, 0.5) is 0 Å². The lowest BCUT2D eigenvalue weighted by Gasteiger charge is -2.02. The molecular weight excluding hydrogens is 407 g/mol. The van der Waals surface area contributed by atoms with Gasteiger partial charge in [-0.3, -0.25) is 14.4 Å². The van der Waals surface area contributed by atoms with Crippen LogP contribution in [-0.4, -0.2) is 63.5 Å². The number of hydrogen-bond donors (Lipinski definition) is 7. The maximum atomic E-state index is 10.3. The molecule has 0 rings (SSSR count). The summed E-state index contributed by atoms with van der Waals surface area (Å²) < 4.78 is 0. The molecular formula is C20H43BN2O8. The smallest absolute Gasteiger partial charge is 0.481 e. The van der Waals surface area contributed by atoms with E-state index in [0.29, 0.717) is 6.42 Å². The number of nitrogens with one attached hydrogen (secondary N) is 1.